The van der Waals surface area contributed by atoms with E-state index in [1.54, 1.807) is 0 Å². The third-order valence-corrected chi connectivity index (χ3v) is 17.3. The van der Waals surface area contributed by atoms with Crippen LogP contribution in [0.4, 0.5) is 0 Å². The van der Waals surface area contributed by atoms with Crippen LogP contribution in [0.5, 0.6) is 0 Å². The first-order valence-corrected chi connectivity index (χ1v) is 23.3. The number of nitrogens with one attached hydrogen (secondary N) is 1. The van der Waals surface area contributed by atoms with Crippen molar-refractivity contribution >= 4 is 11.6 Å². The van der Waals surface area contributed by atoms with Crippen LogP contribution in [-0.4, -0.2) is 192 Å². The standard InChI is InChI=1S/C45H71NO18/c1-19(16-47)6-7-24(50)20(2)29-25(51)15-45-43(29,5)12-10-28-42(4)11-9-23(14-22(42)8-13-44(28,45)46-45)60-41-38(64-39-34(56)32(54)30(52)21(3)59-39)36(58)37(27(18-49)62-41)63-40-35(57)33(55)31(53)26(17-48)61-40/h8,19-21,23,26-41,46-49,52-58H,6-7,9-18H2,1-5H3. The highest BCUT2D eigenvalue weighted by Crippen LogP contribution is 2.76. The second-order valence-corrected chi connectivity index (χ2v) is 20.9. The quantitative estimate of drug-likeness (QED) is 0.0668. The van der Waals surface area contributed by atoms with Crippen LogP contribution in [0.15, 0.2) is 11.6 Å². The van der Waals surface area contributed by atoms with Crippen LogP contribution in [0.25, 0.3) is 0 Å². The Hall–Kier alpha value is -1.60. The molecule has 4 heterocycles. The van der Waals surface area contributed by atoms with Crippen molar-refractivity contribution in [1.82, 2.24) is 5.32 Å². The molecule has 11 N–H and O–H groups in total. The van der Waals surface area contributed by atoms with Crippen LogP contribution < -0.4 is 5.32 Å². The lowest BCUT2D eigenvalue weighted by molar-refractivity contribution is -0.389. The van der Waals surface area contributed by atoms with E-state index in [4.69, 9.17) is 28.4 Å². The number of fused-ring (bicyclic) bond motifs is 2. The average Bonchev–Trinajstić information content (AvgIpc) is 3.87. The zero-order valence-corrected chi connectivity index (χ0v) is 37.3. The first kappa shape index (κ1) is 48.8. The molecule has 4 aliphatic heterocycles. The number of Topliss-reactive ketones (excluding diaryl/α,β-unsaturated/α-hetero) is 2. The van der Waals surface area contributed by atoms with Gasteiger partial charge in [-0.2, -0.15) is 0 Å². The van der Waals surface area contributed by atoms with Crippen LogP contribution >= 0.6 is 0 Å². The molecule has 3 saturated carbocycles. The summed E-state index contributed by atoms with van der Waals surface area (Å²) in [5, 5.41) is 109. The van der Waals surface area contributed by atoms with E-state index in [-0.39, 0.29) is 46.9 Å². The first-order chi connectivity index (χ1) is 30.2. The van der Waals surface area contributed by atoms with Crippen LogP contribution in [0.2, 0.25) is 0 Å². The smallest absolute Gasteiger partial charge is 0.187 e. The summed E-state index contributed by atoms with van der Waals surface area (Å²) in [7, 11) is 0. The Morgan fingerprint density at radius 1 is 0.797 bits per heavy atom. The highest BCUT2D eigenvalue weighted by atomic mass is 16.8. The summed E-state index contributed by atoms with van der Waals surface area (Å²) in [6.45, 7) is 8.29. The van der Waals surface area contributed by atoms with Crippen LogP contribution in [0, 0.1) is 34.5 Å². The maximum absolute atomic E-state index is 14.0. The number of aliphatic hydroxyl groups excluding tert-OH is 10. The van der Waals surface area contributed by atoms with Crippen molar-refractivity contribution < 1.29 is 89.1 Å². The third kappa shape index (κ3) is 7.70. The second-order valence-electron chi connectivity index (χ2n) is 20.9. The van der Waals surface area contributed by atoms with Gasteiger partial charge in [-0.15, -0.1) is 0 Å². The van der Waals surface area contributed by atoms with Crippen molar-refractivity contribution in [1.29, 1.82) is 0 Å². The van der Waals surface area contributed by atoms with Crippen molar-refractivity contribution in [2.45, 2.75) is 202 Å². The van der Waals surface area contributed by atoms with Gasteiger partial charge in [-0.1, -0.05) is 39.3 Å². The van der Waals surface area contributed by atoms with Gasteiger partial charge in [0.05, 0.1) is 31.0 Å². The highest BCUT2D eigenvalue weighted by molar-refractivity contribution is 5.94. The van der Waals surface area contributed by atoms with E-state index in [0.717, 1.165) is 12.8 Å². The van der Waals surface area contributed by atoms with Gasteiger partial charge in [-0.05, 0) is 74.5 Å². The van der Waals surface area contributed by atoms with E-state index in [1.165, 1.54) is 12.5 Å². The molecular weight excluding hydrogens is 842 g/mol. The summed E-state index contributed by atoms with van der Waals surface area (Å²) in [6, 6.07) is 0. The fourth-order valence-corrected chi connectivity index (χ4v) is 13.4. The molecule has 8 rings (SSSR count). The van der Waals surface area contributed by atoms with Gasteiger partial charge in [0.1, 0.15) is 78.7 Å². The molecule has 19 nitrogen and oxygen atoms in total. The minimum absolute atomic E-state index is 0.0136. The van der Waals surface area contributed by atoms with E-state index >= 15 is 0 Å². The number of ketones is 2. The molecule has 0 radical (unpaired) electrons. The number of hydrogen-bond donors (Lipinski definition) is 11. The number of aliphatic hydroxyl groups is 10. The number of carbonyl (C=O) groups is 2. The Bertz CT molecular complexity index is 1750. The van der Waals surface area contributed by atoms with Gasteiger partial charge in [-0.3, -0.25) is 9.59 Å². The predicted octanol–water partition coefficient (Wildman–Crippen LogP) is -1.93. The van der Waals surface area contributed by atoms with E-state index in [2.05, 4.69) is 25.2 Å². The zero-order chi connectivity index (χ0) is 46.4. The van der Waals surface area contributed by atoms with E-state index in [9.17, 15) is 60.7 Å². The summed E-state index contributed by atoms with van der Waals surface area (Å²) in [6.07, 6.45) is -16.4. The summed E-state index contributed by atoms with van der Waals surface area (Å²) in [4.78, 5) is 27.5. The van der Waals surface area contributed by atoms with Gasteiger partial charge < -0.3 is 84.8 Å². The lowest BCUT2D eigenvalue weighted by atomic mass is 9.47. The number of rotatable bonds is 14. The second kappa shape index (κ2) is 18.0. The van der Waals surface area contributed by atoms with Crippen molar-refractivity contribution in [3.05, 3.63) is 11.6 Å². The van der Waals surface area contributed by atoms with Crippen molar-refractivity contribution in [2.24, 2.45) is 34.5 Å². The lowest BCUT2D eigenvalue weighted by Crippen LogP contribution is -2.67. The summed E-state index contributed by atoms with van der Waals surface area (Å²) in [5.41, 5.74) is -0.202. The van der Waals surface area contributed by atoms with Gasteiger partial charge in [0.2, 0.25) is 0 Å². The van der Waals surface area contributed by atoms with Crippen molar-refractivity contribution in [2.75, 3.05) is 19.8 Å². The van der Waals surface area contributed by atoms with Gasteiger partial charge >= 0.3 is 0 Å². The molecule has 0 aromatic carbocycles. The normalized spacial score (nSPS) is 52.1. The van der Waals surface area contributed by atoms with Crippen LogP contribution in [0.3, 0.4) is 0 Å². The summed E-state index contributed by atoms with van der Waals surface area (Å²) < 4.78 is 36.2. The summed E-state index contributed by atoms with van der Waals surface area (Å²) >= 11 is 0. The van der Waals surface area contributed by atoms with Crippen LogP contribution in [0.1, 0.15) is 92.4 Å². The third-order valence-electron chi connectivity index (χ3n) is 17.3. The zero-order valence-electron chi connectivity index (χ0n) is 37.3. The number of ether oxygens (including phenoxy) is 6. The Morgan fingerprint density at radius 2 is 1.44 bits per heavy atom. The Kier molecular flexibility index (Phi) is 13.8. The van der Waals surface area contributed by atoms with Crippen LogP contribution in [-0.2, 0) is 38.0 Å². The molecule has 24 unspecified atom stereocenters. The molecule has 4 aliphatic carbocycles. The van der Waals surface area contributed by atoms with Gasteiger partial charge in [0.25, 0.3) is 0 Å². The predicted molar refractivity (Wildman–Crippen MR) is 219 cm³/mol. The fourth-order valence-electron chi connectivity index (χ4n) is 13.4. The topological polar surface area (TPSA) is 314 Å². The molecule has 2 spiro atoms. The Labute approximate surface area is 373 Å². The largest absolute Gasteiger partial charge is 0.396 e. The molecule has 7 fully saturated rings. The molecule has 4 saturated heterocycles. The molecule has 8 aliphatic rings. The molecule has 364 valence electrons. The molecule has 64 heavy (non-hydrogen) atoms. The Balaban J connectivity index is 1.00. The Morgan fingerprint density at radius 3 is 2.11 bits per heavy atom. The maximum Gasteiger partial charge on any atom is 0.187 e. The molecule has 0 bridgehead atoms. The monoisotopic (exact) mass is 913 g/mol. The maximum atomic E-state index is 14.0. The first-order valence-electron chi connectivity index (χ1n) is 23.3. The molecule has 19 heteroatoms. The highest BCUT2D eigenvalue weighted by Gasteiger charge is 2.85. The van der Waals surface area contributed by atoms with Crippen molar-refractivity contribution in [3.8, 4) is 0 Å². The van der Waals surface area contributed by atoms with E-state index < -0.39 is 128 Å². The molecular formula is C45H71NO18. The fraction of sp³-hybridized carbons (Fsp3) is 0.911. The molecule has 24 atom stereocenters. The van der Waals surface area contributed by atoms with Crippen molar-refractivity contribution in [3.63, 3.8) is 0 Å². The molecule has 0 amide bonds. The molecule has 0 aromatic heterocycles. The summed E-state index contributed by atoms with van der Waals surface area (Å²) in [5.74, 6) is -0.378. The lowest BCUT2D eigenvalue weighted by Gasteiger charge is -2.56. The minimum Gasteiger partial charge on any atom is -0.396 e. The number of carbonyl (C=O) groups excluding carboxylic acids is 2. The minimum atomic E-state index is -1.85. The van der Waals surface area contributed by atoms with Gasteiger partial charge in [0, 0.05) is 36.8 Å². The SMILES string of the molecule is CC(CO)CCC(=O)C(C)C1C(=O)CC23NC24CC=C2CC(OC5OC(CO)C(OC6OC(CO)C(O)C(O)C6O)C(O)C5OC5OC(C)C(O)C(O)C5O)CCC2(C)C4CCC13C. The molecule has 0 aromatic rings. The number of hydrogen-bond acceptors (Lipinski definition) is 19. The average molecular weight is 914 g/mol. The van der Waals surface area contributed by atoms with E-state index in [0.29, 0.717) is 44.9 Å². The van der Waals surface area contributed by atoms with E-state index in [1.807, 2.05) is 13.8 Å². The van der Waals surface area contributed by atoms with Gasteiger partial charge in [0.15, 0.2) is 18.9 Å². The van der Waals surface area contributed by atoms with Gasteiger partial charge in [-0.25, -0.2) is 0 Å².